The number of unbranched alkanes of at least 4 members (excludes halogenated alkanes) is 3. The lowest BCUT2D eigenvalue weighted by atomic mass is 10.1. The Morgan fingerprint density at radius 2 is 2.16 bits per heavy atom. The van der Waals surface area contributed by atoms with E-state index in [9.17, 15) is 0 Å². The van der Waals surface area contributed by atoms with Crippen LogP contribution < -0.4 is 15.2 Å². The number of nitrogens with zero attached hydrogens (tertiary/aromatic N) is 4. The first kappa shape index (κ1) is 17.0. The van der Waals surface area contributed by atoms with Gasteiger partial charge in [-0.3, -0.25) is 10.4 Å². The molecule has 2 aromatic heterocycles. The van der Waals surface area contributed by atoms with Gasteiger partial charge in [0.15, 0.2) is 5.82 Å². The van der Waals surface area contributed by atoms with Crippen molar-refractivity contribution in [2.75, 3.05) is 11.6 Å². The molecule has 0 aromatic carbocycles. The Kier molecular flexibility index (Phi) is 5.61. The molecule has 2 aromatic rings. The van der Waals surface area contributed by atoms with Crippen LogP contribution in [0.15, 0.2) is 55.4 Å². The molecule has 0 fully saturated rings. The Morgan fingerprint density at radius 1 is 1.24 bits per heavy atom. The molecular weight excluding hydrogens is 314 g/mol. The maximum atomic E-state index is 5.74. The molecule has 0 atom stereocenters. The van der Waals surface area contributed by atoms with Gasteiger partial charge in [-0.1, -0.05) is 38.8 Å². The molecule has 130 valence electrons. The molecule has 6 nitrogen and oxygen atoms in total. The lowest BCUT2D eigenvalue weighted by molar-refractivity contribution is 0.293. The van der Waals surface area contributed by atoms with Crippen LogP contribution in [0.5, 0.6) is 5.88 Å². The van der Waals surface area contributed by atoms with E-state index in [0.29, 0.717) is 18.3 Å². The van der Waals surface area contributed by atoms with Crippen molar-refractivity contribution >= 4 is 11.4 Å². The monoisotopic (exact) mass is 337 g/mol. The molecule has 3 heterocycles. The average Bonchev–Trinajstić information content (AvgIpc) is 3.04. The molecule has 6 heteroatoms. The lowest BCUT2D eigenvalue weighted by Crippen LogP contribution is -2.28. The van der Waals surface area contributed by atoms with Crippen molar-refractivity contribution < 1.29 is 4.74 Å². The molecule has 0 bridgehead atoms. The number of nitrogens with one attached hydrogen (secondary N) is 1. The van der Waals surface area contributed by atoms with Crippen molar-refractivity contribution in [1.82, 2.24) is 20.4 Å². The Balaban J connectivity index is 1.63. The molecule has 0 saturated heterocycles. The average molecular weight is 337 g/mol. The van der Waals surface area contributed by atoms with Gasteiger partial charge >= 0.3 is 0 Å². The van der Waals surface area contributed by atoms with Gasteiger partial charge in [-0.25, -0.2) is 15.0 Å². The third kappa shape index (κ3) is 4.15. The highest BCUT2D eigenvalue weighted by Crippen LogP contribution is 2.30. The fourth-order valence-corrected chi connectivity index (χ4v) is 2.62. The smallest absolute Gasteiger partial charge is 0.218 e. The standard InChI is InChI=1S/C19H23N5O/c1-3-4-5-6-10-25-19-11-18(21-14-22-19)24-15(2)17(13-23-24)16-8-7-9-20-12-16/h7-9,11-14,23H,2-6,10H2,1H3. The van der Waals surface area contributed by atoms with E-state index in [1.165, 1.54) is 25.6 Å². The molecule has 0 aliphatic carbocycles. The molecule has 1 aliphatic rings. The van der Waals surface area contributed by atoms with Gasteiger partial charge in [-0.05, 0) is 12.5 Å². The molecule has 0 unspecified atom stereocenters. The minimum absolute atomic E-state index is 0.575. The molecule has 3 rings (SSSR count). The predicted molar refractivity (Wildman–Crippen MR) is 98.6 cm³/mol. The summed E-state index contributed by atoms with van der Waals surface area (Å²) in [5.41, 5.74) is 5.97. The highest BCUT2D eigenvalue weighted by Gasteiger charge is 2.22. The van der Waals surface area contributed by atoms with E-state index < -0.39 is 0 Å². The van der Waals surface area contributed by atoms with E-state index in [-0.39, 0.29) is 0 Å². The zero-order valence-electron chi connectivity index (χ0n) is 14.5. The summed E-state index contributed by atoms with van der Waals surface area (Å²) in [6.45, 7) is 7.03. The van der Waals surface area contributed by atoms with Gasteiger partial charge in [0.25, 0.3) is 0 Å². The predicted octanol–water partition coefficient (Wildman–Crippen LogP) is 3.71. The summed E-state index contributed by atoms with van der Waals surface area (Å²) in [6.07, 6.45) is 11.6. The second kappa shape index (κ2) is 8.28. The molecule has 0 radical (unpaired) electrons. The SMILES string of the molecule is C=C1C(c2cccnc2)=CNN1c1cc(OCCCCCC)ncn1. The van der Waals surface area contributed by atoms with E-state index >= 15 is 0 Å². The second-order valence-electron chi connectivity index (χ2n) is 5.83. The van der Waals surface area contributed by atoms with Crippen LogP contribution in [-0.2, 0) is 0 Å². The van der Waals surface area contributed by atoms with E-state index in [1.54, 1.807) is 6.20 Å². The quantitative estimate of drug-likeness (QED) is 0.741. The highest BCUT2D eigenvalue weighted by molar-refractivity contribution is 5.84. The normalized spacial score (nSPS) is 13.6. The fourth-order valence-electron chi connectivity index (χ4n) is 2.62. The van der Waals surface area contributed by atoms with Crippen molar-refractivity contribution in [3.63, 3.8) is 0 Å². The maximum absolute atomic E-state index is 5.74. The molecule has 25 heavy (non-hydrogen) atoms. The topological polar surface area (TPSA) is 63.2 Å². The number of ether oxygens (including phenoxy) is 1. The number of rotatable bonds is 8. The van der Waals surface area contributed by atoms with Crippen LogP contribution in [0.4, 0.5) is 5.82 Å². The van der Waals surface area contributed by atoms with Gasteiger partial charge < -0.3 is 4.74 Å². The summed E-state index contributed by atoms with van der Waals surface area (Å²) < 4.78 is 5.74. The second-order valence-corrected chi connectivity index (χ2v) is 5.83. The third-order valence-electron chi connectivity index (χ3n) is 4.00. The Bertz CT molecular complexity index is 744. The highest BCUT2D eigenvalue weighted by atomic mass is 16.5. The third-order valence-corrected chi connectivity index (χ3v) is 4.00. The zero-order chi connectivity index (χ0) is 17.5. The number of allylic oxidation sites excluding steroid dienone is 1. The van der Waals surface area contributed by atoms with Gasteiger partial charge in [0, 0.05) is 35.8 Å². The summed E-state index contributed by atoms with van der Waals surface area (Å²) in [5.74, 6) is 1.27. The molecule has 1 aliphatic heterocycles. The summed E-state index contributed by atoms with van der Waals surface area (Å²) in [4.78, 5) is 12.7. The van der Waals surface area contributed by atoms with Gasteiger partial charge in [-0.2, -0.15) is 0 Å². The molecule has 1 N–H and O–H groups in total. The number of hydrazine groups is 1. The van der Waals surface area contributed by atoms with Gasteiger partial charge in [0.2, 0.25) is 5.88 Å². The van der Waals surface area contributed by atoms with Crippen molar-refractivity contribution in [1.29, 1.82) is 0 Å². The van der Waals surface area contributed by atoms with Crippen LogP contribution in [-0.4, -0.2) is 21.6 Å². The number of aromatic nitrogens is 3. The van der Waals surface area contributed by atoms with E-state index in [0.717, 1.165) is 23.3 Å². The molecular formula is C19H23N5O. The minimum atomic E-state index is 0.575. The van der Waals surface area contributed by atoms with Crippen molar-refractivity contribution in [3.05, 3.63) is 61.0 Å². The zero-order valence-corrected chi connectivity index (χ0v) is 14.5. The number of hydrogen-bond acceptors (Lipinski definition) is 6. The van der Waals surface area contributed by atoms with Crippen LogP contribution in [0.2, 0.25) is 0 Å². The van der Waals surface area contributed by atoms with Gasteiger partial charge in [-0.15, -0.1) is 0 Å². The Hall–Kier alpha value is -2.89. The van der Waals surface area contributed by atoms with Crippen LogP contribution in [0.1, 0.15) is 38.2 Å². The summed E-state index contributed by atoms with van der Waals surface area (Å²) in [5, 5.41) is 1.81. The van der Waals surface area contributed by atoms with Gasteiger partial charge in [0.1, 0.15) is 6.33 Å². The number of anilines is 1. The molecule has 0 spiro atoms. The van der Waals surface area contributed by atoms with Crippen LogP contribution in [0, 0.1) is 0 Å². The lowest BCUT2D eigenvalue weighted by Gasteiger charge is -2.20. The molecule has 0 amide bonds. The number of hydrogen-bond donors (Lipinski definition) is 1. The number of pyridine rings is 1. The summed E-state index contributed by atoms with van der Waals surface area (Å²) in [6, 6.07) is 5.72. The molecule has 0 saturated carbocycles. The Morgan fingerprint density at radius 3 is 2.96 bits per heavy atom. The largest absolute Gasteiger partial charge is 0.478 e. The van der Waals surface area contributed by atoms with E-state index in [1.807, 2.05) is 35.6 Å². The van der Waals surface area contributed by atoms with Gasteiger partial charge in [0.05, 0.1) is 12.3 Å². The fraction of sp³-hybridized carbons (Fsp3) is 0.316. The summed E-state index contributed by atoms with van der Waals surface area (Å²) >= 11 is 0. The van der Waals surface area contributed by atoms with Crippen molar-refractivity contribution in [2.45, 2.75) is 32.6 Å². The van der Waals surface area contributed by atoms with Crippen LogP contribution >= 0.6 is 0 Å². The Labute approximate surface area is 148 Å². The summed E-state index contributed by atoms with van der Waals surface area (Å²) in [7, 11) is 0. The maximum Gasteiger partial charge on any atom is 0.218 e. The minimum Gasteiger partial charge on any atom is -0.478 e. The van der Waals surface area contributed by atoms with Crippen molar-refractivity contribution in [3.8, 4) is 5.88 Å². The van der Waals surface area contributed by atoms with E-state index in [2.05, 4.69) is 33.9 Å². The first-order valence-corrected chi connectivity index (χ1v) is 8.60. The van der Waals surface area contributed by atoms with Crippen LogP contribution in [0.3, 0.4) is 0 Å². The van der Waals surface area contributed by atoms with E-state index in [4.69, 9.17) is 4.74 Å². The van der Waals surface area contributed by atoms with Crippen LogP contribution in [0.25, 0.3) is 5.57 Å². The van der Waals surface area contributed by atoms with Crippen molar-refractivity contribution in [2.24, 2.45) is 0 Å². The first-order chi connectivity index (χ1) is 12.3. The first-order valence-electron chi connectivity index (χ1n) is 8.60.